The van der Waals surface area contributed by atoms with Gasteiger partial charge in [0.05, 0.1) is 22.7 Å². The first-order valence-electron chi connectivity index (χ1n) is 7.66. The Morgan fingerprint density at radius 1 is 1.12 bits per heavy atom. The van der Waals surface area contributed by atoms with Crippen molar-refractivity contribution in [3.63, 3.8) is 0 Å². The summed E-state index contributed by atoms with van der Waals surface area (Å²) < 4.78 is 6.11. The first kappa shape index (κ1) is 16.9. The molecule has 0 aliphatic rings. The highest BCUT2D eigenvalue weighted by atomic mass is 32.1. The van der Waals surface area contributed by atoms with Gasteiger partial charge in [-0.1, -0.05) is 42.5 Å². The Kier molecular flexibility index (Phi) is 5.25. The first-order valence-corrected chi connectivity index (χ1v) is 8.48. The van der Waals surface area contributed by atoms with Crippen molar-refractivity contribution in [2.75, 3.05) is 0 Å². The number of aromatic nitrogens is 1. The number of ether oxygens (including phenoxy) is 1. The van der Waals surface area contributed by atoms with E-state index in [2.05, 4.69) is 10.3 Å². The van der Waals surface area contributed by atoms with Gasteiger partial charge in [0, 0.05) is 0 Å². The maximum atomic E-state index is 12.0. The lowest BCUT2D eigenvalue weighted by atomic mass is 10.2. The molecule has 0 radical (unpaired) electrons. The van der Waals surface area contributed by atoms with Gasteiger partial charge in [-0.3, -0.25) is 4.79 Å². The normalized spacial score (nSPS) is 11.8. The predicted molar refractivity (Wildman–Crippen MR) is 94.4 cm³/mol. The van der Waals surface area contributed by atoms with Crippen molar-refractivity contribution in [3.8, 4) is 0 Å². The molecular formula is C18H16N2O4S. The van der Waals surface area contributed by atoms with Crippen LogP contribution in [0.15, 0.2) is 54.6 Å². The molecule has 1 unspecified atom stereocenters. The van der Waals surface area contributed by atoms with Gasteiger partial charge < -0.3 is 15.2 Å². The maximum absolute atomic E-state index is 12.0. The zero-order chi connectivity index (χ0) is 17.6. The Morgan fingerprint density at radius 2 is 1.84 bits per heavy atom. The van der Waals surface area contributed by atoms with E-state index in [1.807, 2.05) is 54.6 Å². The van der Waals surface area contributed by atoms with Crippen molar-refractivity contribution in [1.82, 2.24) is 10.3 Å². The van der Waals surface area contributed by atoms with E-state index in [9.17, 15) is 9.59 Å². The number of thiazole rings is 1. The summed E-state index contributed by atoms with van der Waals surface area (Å²) in [5.74, 6) is -1.02. The Labute approximate surface area is 148 Å². The van der Waals surface area contributed by atoms with E-state index in [-0.39, 0.29) is 13.0 Å². The van der Waals surface area contributed by atoms with Crippen LogP contribution in [-0.2, 0) is 16.1 Å². The molecule has 0 saturated carbocycles. The molecule has 0 saturated heterocycles. The average Bonchev–Trinajstić information content (AvgIpc) is 3.04. The molecule has 3 aromatic rings. The molecule has 25 heavy (non-hydrogen) atoms. The molecule has 128 valence electrons. The number of amides is 1. The van der Waals surface area contributed by atoms with Crippen molar-refractivity contribution < 1.29 is 19.4 Å². The quantitative estimate of drug-likeness (QED) is 0.702. The van der Waals surface area contributed by atoms with Crippen LogP contribution in [0, 0.1) is 0 Å². The van der Waals surface area contributed by atoms with Gasteiger partial charge in [-0.25, -0.2) is 9.78 Å². The van der Waals surface area contributed by atoms with E-state index in [0.717, 1.165) is 15.8 Å². The fourth-order valence-electron chi connectivity index (χ4n) is 2.32. The fourth-order valence-corrected chi connectivity index (χ4v) is 3.34. The zero-order valence-corrected chi connectivity index (χ0v) is 14.0. The summed E-state index contributed by atoms with van der Waals surface area (Å²) in [6, 6.07) is 16.0. The number of nitrogens with zero attached hydrogens (tertiary/aromatic N) is 1. The Morgan fingerprint density at radius 3 is 2.56 bits per heavy atom. The first-order chi connectivity index (χ1) is 12.1. The third-order valence-electron chi connectivity index (χ3n) is 3.49. The Bertz CT molecular complexity index is 846. The lowest BCUT2D eigenvalue weighted by Gasteiger charge is -2.14. The predicted octanol–water partition coefficient (Wildman–Crippen LogP) is 3.74. The second-order valence-corrected chi connectivity index (χ2v) is 6.44. The lowest BCUT2D eigenvalue weighted by Crippen LogP contribution is -2.30. The molecule has 0 aliphatic heterocycles. The van der Waals surface area contributed by atoms with E-state index >= 15 is 0 Å². The van der Waals surface area contributed by atoms with Crippen LogP contribution in [0.2, 0.25) is 0 Å². The minimum atomic E-state index is -1.02. The summed E-state index contributed by atoms with van der Waals surface area (Å²) in [7, 11) is 0. The number of carboxylic acids is 1. The minimum Gasteiger partial charge on any atom is -0.481 e. The van der Waals surface area contributed by atoms with E-state index in [0.29, 0.717) is 5.01 Å². The number of fused-ring (bicyclic) bond motifs is 1. The number of alkyl carbamates (subject to hydrolysis) is 1. The number of hydrogen-bond donors (Lipinski definition) is 2. The van der Waals surface area contributed by atoms with E-state index in [1.54, 1.807) is 0 Å². The molecule has 0 spiro atoms. The van der Waals surface area contributed by atoms with Gasteiger partial charge in [0.25, 0.3) is 0 Å². The van der Waals surface area contributed by atoms with Crippen LogP contribution in [0.25, 0.3) is 10.2 Å². The smallest absolute Gasteiger partial charge is 0.408 e. The summed E-state index contributed by atoms with van der Waals surface area (Å²) in [6.45, 7) is 0.117. The van der Waals surface area contributed by atoms with Crippen LogP contribution >= 0.6 is 11.3 Å². The molecule has 0 bridgehead atoms. The van der Waals surface area contributed by atoms with Crippen molar-refractivity contribution in [2.24, 2.45) is 0 Å². The SMILES string of the molecule is O=C(O)CC(NC(=O)OCc1ccccc1)c1nc2ccccc2s1. The van der Waals surface area contributed by atoms with Gasteiger partial charge in [0.2, 0.25) is 0 Å². The van der Waals surface area contributed by atoms with Crippen LogP contribution in [0.3, 0.4) is 0 Å². The molecule has 1 amide bonds. The summed E-state index contributed by atoms with van der Waals surface area (Å²) in [5, 5.41) is 12.3. The number of benzene rings is 2. The van der Waals surface area contributed by atoms with Crippen LogP contribution in [0.5, 0.6) is 0 Å². The van der Waals surface area contributed by atoms with Crippen LogP contribution in [-0.4, -0.2) is 22.2 Å². The second kappa shape index (κ2) is 7.76. The van der Waals surface area contributed by atoms with Gasteiger partial charge in [-0.2, -0.15) is 0 Å². The molecule has 3 rings (SSSR count). The van der Waals surface area contributed by atoms with Gasteiger partial charge in [0.1, 0.15) is 11.6 Å². The van der Waals surface area contributed by atoms with Crippen molar-refractivity contribution in [1.29, 1.82) is 0 Å². The Balaban J connectivity index is 1.69. The van der Waals surface area contributed by atoms with E-state index < -0.39 is 18.1 Å². The highest BCUT2D eigenvalue weighted by Crippen LogP contribution is 2.28. The van der Waals surface area contributed by atoms with Crippen molar-refractivity contribution >= 4 is 33.6 Å². The lowest BCUT2D eigenvalue weighted by molar-refractivity contribution is -0.137. The maximum Gasteiger partial charge on any atom is 0.408 e. The van der Waals surface area contributed by atoms with Gasteiger partial charge in [-0.05, 0) is 17.7 Å². The molecular weight excluding hydrogens is 340 g/mol. The van der Waals surface area contributed by atoms with Gasteiger partial charge >= 0.3 is 12.1 Å². The third kappa shape index (κ3) is 4.54. The molecule has 2 N–H and O–H groups in total. The molecule has 1 aromatic heterocycles. The van der Waals surface area contributed by atoms with Crippen molar-refractivity contribution in [3.05, 3.63) is 65.2 Å². The van der Waals surface area contributed by atoms with E-state index in [4.69, 9.17) is 9.84 Å². The van der Waals surface area contributed by atoms with Crippen LogP contribution in [0.1, 0.15) is 23.0 Å². The molecule has 6 nitrogen and oxygen atoms in total. The summed E-state index contributed by atoms with van der Waals surface area (Å²) in [5.41, 5.74) is 1.63. The standard InChI is InChI=1S/C18H16N2O4S/c21-16(22)10-14(17-19-13-8-4-5-9-15(13)25-17)20-18(23)24-11-12-6-2-1-3-7-12/h1-9,14H,10-11H2,(H,20,23)(H,21,22). The number of aliphatic carboxylic acids is 1. The molecule has 7 heteroatoms. The number of rotatable bonds is 6. The van der Waals surface area contributed by atoms with E-state index in [1.165, 1.54) is 11.3 Å². The number of carboxylic acid groups (broad SMARTS) is 1. The third-order valence-corrected chi connectivity index (χ3v) is 4.64. The molecule has 1 heterocycles. The number of carbonyl (C=O) groups excluding carboxylic acids is 1. The monoisotopic (exact) mass is 356 g/mol. The number of nitrogens with one attached hydrogen (secondary N) is 1. The second-order valence-electron chi connectivity index (χ2n) is 5.38. The molecule has 1 atom stereocenters. The van der Waals surface area contributed by atoms with Gasteiger partial charge in [0.15, 0.2) is 0 Å². The Hall–Kier alpha value is -2.93. The van der Waals surface area contributed by atoms with Crippen LogP contribution in [0.4, 0.5) is 4.79 Å². The highest BCUT2D eigenvalue weighted by molar-refractivity contribution is 7.18. The zero-order valence-electron chi connectivity index (χ0n) is 13.2. The van der Waals surface area contributed by atoms with Crippen LogP contribution < -0.4 is 5.32 Å². The highest BCUT2D eigenvalue weighted by Gasteiger charge is 2.22. The minimum absolute atomic E-state index is 0.117. The molecule has 0 aliphatic carbocycles. The number of carbonyl (C=O) groups is 2. The number of hydrogen-bond acceptors (Lipinski definition) is 5. The average molecular weight is 356 g/mol. The molecule has 2 aromatic carbocycles. The molecule has 0 fully saturated rings. The van der Waals surface area contributed by atoms with Crippen molar-refractivity contribution in [2.45, 2.75) is 19.1 Å². The number of para-hydroxylation sites is 1. The summed E-state index contributed by atoms with van der Waals surface area (Å²) in [6.07, 6.45) is -0.936. The summed E-state index contributed by atoms with van der Waals surface area (Å²) >= 11 is 1.36. The summed E-state index contributed by atoms with van der Waals surface area (Å²) in [4.78, 5) is 27.6. The van der Waals surface area contributed by atoms with Gasteiger partial charge in [-0.15, -0.1) is 11.3 Å². The largest absolute Gasteiger partial charge is 0.481 e. The fraction of sp³-hybridized carbons (Fsp3) is 0.167. The topological polar surface area (TPSA) is 88.5 Å².